The molecule has 0 aromatic rings. The Morgan fingerprint density at radius 2 is 2.11 bits per heavy atom. The fourth-order valence-corrected chi connectivity index (χ4v) is 3.32. The van der Waals surface area contributed by atoms with Crippen LogP contribution < -0.4 is 5.32 Å². The zero-order valence-electron chi connectivity index (χ0n) is 11.6. The SMILES string of the molecule is CN(C)CCNC(=O)N1CC2CCCC2C1C(=O)O. The van der Waals surface area contributed by atoms with E-state index < -0.39 is 12.0 Å². The molecule has 19 heavy (non-hydrogen) atoms. The number of carbonyl (C=O) groups excluding carboxylic acids is 1. The van der Waals surface area contributed by atoms with Gasteiger partial charge in [0.1, 0.15) is 6.04 Å². The largest absolute Gasteiger partial charge is 0.480 e. The fraction of sp³-hybridized carbons (Fsp3) is 0.846. The lowest BCUT2D eigenvalue weighted by Crippen LogP contribution is -2.49. The minimum absolute atomic E-state index is 0.150. The molecule has 2 amide bonds. The third-order valence-electron chi connectivity index (χ3n) is 4.24. The van der Waals surface area contributed by atoms with Crippen molar-refractivity contribution in [1.29, 1.82) is 0 Å². The number of aliphatic carboxylic acids is 1. The van der Waals surface area contributed by atoms with E-state index in [1.165, 1.54) is 4.90 Å². The number of urea groups is 1. The van der Waals surface area contributed by atoms with Crippen LogP contribution in [-0.4, -0.2) is 66.7 Å². The first-order chi connectivity index (χ1) is 9.00. The molecule has 3 unspecified atom stereocenters. The monoisotopic (exact) mass is 269 g/mol. The van der Waals surface area contributed by atoms with Crippen molar-refractivity contribution < 1.29 is 14.7 Å². The second-order valence-electron chi connectivity index (χ2n) is 5.83. The number of likely N-dealkylation sites (tertiary alicyclic amines) is 1. The Balaban J connectivity index is 1.94. The molecule has 0 spiro atoms. The summed E-state index contributed by atoms with van der Waals surface area (Å²) in [6.07, 6.45) is 3.08. The Kier molecular flexibility index (Phi) is 4.29. The number of carbonyl (C=O) groups is 2. The summed E-state index contributed by atoms with van der Waals surface area (Å²) in [5.74, 6) is -0.338. The maximum Gasteiger partial charge on any atom is 0.326 e. The first-order valence-corrected chi connectivity index (χ1v) is 6.92. The molecule has 2 aliphatic rings. The zero-order valence-corrected chi connectivity index (χ0v) is 11.6. The van der Waals surface area contributed by atoms with Crippen LogP contribution >= 0.6 is 0 Å². The smallest absolute Gasteiger partial charge is 0.326 e. The van der Waals surface area contributed by atoms with Crippen molar-refractivity contribution in [3.05, 3.63) is 0 Å². The van der Waals surface area contributed by atoms with Gasteiger partial charge in [-0.2, -0.15) is 0 Å². The maximum atomic E-state index is 12.1. The lowest BCUT2D eigenvalue weighted by atomic mass is 9.94. The van der Waals surface area contributed by atoms with E-state index in [1.807, 2.05) is 19.0 Å². The van der Waals surface area contributed by atoms with Crippen molar-refractivity contribution in [2.45, 2.75) is 25.3 Å². The number of rotatable bonds is 4. The van der Waals surface area contributed by atoms with E-state index in [4.69, 9.17) is 0 Å². The molecule has 1 heterocycles. The molecule has 6 nitrogen and oxygen atoms in total. The Bertz CT molecular complexity index is 359. The van der Waals surface area contributed by atoms with Crippen LogP contribution in [0.15, 0.2) is 0 Å². The minimum atomic E-state index is -0.864. The Morgan fingerprint density at radius 3 is 2.74 bits per heavy atom. The molecule has 2 N–H and O–H groups in total. The van der Waals surface area contributed by atoms with Crippen molar-refractivity contribution in [2.24, 2.45) is 11.8 Å². The first kappa shape index (κ1) is 14.1. The third-order valence-corrected chi connectivity index (χ3v) is 4.24. The fourth-order valence-electron chi connectivity index (χ4n) is 3.32. The highest BCUT2D eigenvalue weighted by Crippen LogP contribution is 2.42. The van der Waals surface area contributed by atoms with E-state index in [2.05, 4.69) is 5.32 Å². The molecule has 0 aromatic heterocycles. The van der Waals surface area contributed by atoms with Gasteiger partial charge in [0.15, 0.2) is 0 Å². The topological polar surface area (TPSA) is 72.9 Å². The van der Waals surface area contributed by atoms with E-state index in [1.54, 1.807) is 0 Å². The molecule has 1 aliphatic carbocycles. The van der Waals surface area contributed by atoms with Gasteiger partial charge in [0.05, 0.1) is 0 Å². The van der Waals surface area contributed by atoms with Gasteiger partial charge in [-0.25, -0.2) is 9.59 Å². The van der Waals surface area contributed by atoms with E-state index in [0.717, 1.165) is 25.8 Å². The number of fused-ring (bicyclic) bond motifs is 1. The highest BCUT2D eigenvalue weighted by molar-refractivity contribution is 5.83. The molecular formula is C13H23N3O3. The van der Waals surface area contributed by atoms with Crippen LogP contribution in [0.3, 0.4) is 0 Å². The Morgan fingerprint density at radius 1 is 1.37 bits per heavy atom. The summed E-state index contributed by atoms with van der Waals surface area (Å²) in [7, 11) is 3.87. The van der Waals surface area contributed by atoms with Crippen molar-refractivity contribution in [1.82, 2.24) is 15.1 Å². The van der Waals surface area contributed by atoms with Crippen molar-refractivity contribution in [3.63, 3.8) is 0 Å². The number of carboxylic acids is 1. The number of nitrogens with zero attached hydrogens (tertiary/aromatic N) is 2. The summed E-state index contributed by atoms with van der Waals surface area (Å²) < 4.78 is 0. The van der Waals surface area contributed by atoms with Gasteiger partial charge in [0, 0.05) is 19.6 Å². The van der Waals surface area contributed by atoms with Crippen LogP contribution in [0, 0.1) is 11.8 Å². The van der Waals surface area contributed by atoms with E-state index in [0.29, 0.717) is 19.0 Å². The van der Waals surface area contributed by atoms with E-state index >= 15 is 0 Å². The van der Waals surface area contributed by atoms with E-state index in [9.17, 15) is 14.7 Å². The quantitative estimate of drug-likeness (QED) is 0.777. The highest BCUT2D eigenvalue weighted by atomic mass is 16.4. The van der Waals surface area contributed by atoms with E-state index in [-0.39, 0.29) is 11.9 Å². The molecule has 2 rings (SSSR count). The number of likely N-dealkylation sites (N-methyl/N-ethyl adjacent to an activating group) is 1. The van der Waals surface area contributed by atoms with Crippen LogP contribution in [0.25, 0.3) is 0 Å². The lowest BCUT2D eigenvalue weighted by Gasteiger charge is -2.25. The first-order valence-electron chi connectivity index (χ1n) is 6.92. The van der Waals surface area contributed by atoms with Crippen molar-refractivity contribution >= 4 is 12.0 Å². The lowest BCUT2D eigenvalue weighted by molar-refractivity contribution is -0.142. The number of carboxylic acid groups (broad SMARTS) is 1. The van der Waals surface area contributed by atoms with Gasteiger partial charge in [-0.15, -0.1) is 0 Å². The van der Waals surface area contributed by atoms with Gasteiger partial charge < -0.3 is 20.2 Å². The predicted molar refractivity (Wildman–Crippen MR) is 70.9 cm³/mol. The molecular weight excluding hydrogens is 246 g/mol. The maximum absolute atomic E-state index is 12.1. The van der Waals surface area contributed by atoms with Crippen LogP contribution in [0.4, 0.5) is 4.79 Å². The Hall–Kier alpha value is -1.30. The molecule has 2 fully saturated rings. The van der Waals surface area contributed by atoms with Crippen molar-refractivity contribution in [2.75, 3.05) is 33.7 Å². The number of amides is 2. The van der Waals surface area contributed by atoms with Gasteiger partial charge in [0.25, 0.3) is 0 Å². The standard InChI is InChI=1S/C13H23N3O3/c1-15(2)7-6-14-13(19)16-8-9-4-3-5-10(9)11(16)12(17)18/h9-11H,3-8H2,1-2H3,(H,14,19)(H,17,18). The molecule has 0 radical (unpaired) electrons. The van der Waals surface area contributed by atoms with Gasteiger partial charge in [-0.1, -0.05) is 6.42 Å². The van der Waals surface area contributed by atoms with Gasteiger partial charge in [0.2, 0.25) is 0 Å². The van der Waals surface area contributed by atoms with Crippen LogP contribution in [0.2, 0.25) is 0 Å². The predicted octanol–water partition coefficient (Wildman–Crippen LogP) is 0.443. The average Bonchev–Trinajstić information content (AvgIpc) is 2.86. The van der Waals surface area contributed by atoms with Crippen LogP contribution in [0.5, 0.6) is 0 Å². The van der Waals surface area contributed by atoms with Gasteiger partial charge in [-0.05, 0) is 38.8 Å². The summed E-state index contributed by atoms with van der Waals surface area (Å²) in [6.45, 7) is 1.89. The molecule has 1 aliphatic heterocycles. The zero-order chi connectivity index (χ0) is 14.0. The number of hydrogen-bond acceptors (Lipinski definition) is 3. The third kappa shape index (κ3) is 3.00. The van der Waals surface area contributed by atoms with Gasteiger partial charge in [-0.3, -0.25) is 0 Å². The van der Waals surface area contributed by atoms with Crippen LogP contribution in [0.1, 0.15) is 19.3 Å². The summed E-state index contributed by atoms with van der Waals surface area (Å²) in [4.78, 5) is 27.0. The molecule has 3 atom stereocenters. The number of hydrogen-bond donors (Lipinski definition) is 2. The average molecular weight is 269 g/mol. The molecule has 1 saturated carbocycles. The molecule has 0 aromatic carbocycles. The van der Waals surface area contributed by atoms with Crippen molar-refractivity contribution in [3.8, 4) is 0 Å². The Labute approximate surface area is 113 Å². The summed E-state index contributed by atoms with van der Waals surface area (Å²) in [5.41, 5.74) is 0. The minimum Gasteiger partial charge on any atom is -0.480 e. The molecule has 1 saturated heterocycles. The van der Waals surface area contributed by atoms with Crippen LogP contribution in [-0.2, 0) is 4.79 Å². The normalized spacial score (nSPS) is 29.6. The highest BCUT2D eigenvalue weighted by Gasteiger charge is 2.49. The second-order valence-corrected chi connectivity index (χ2v) is 5.83. The molecule has 0 bridgehead atoms. The molecule has 108 valence electrons. The number of nitrogens with one attached hydrogen (secondary N) is 1. The second kappa shape index (κ2) is 5.77. The van der Waals surface area contributed by atoms with Gasteiger partial charge >= 0.3 is 12.0 Å². The summed E-state index contributed by atoms with van der Waals surface area (Å²) in [5, 5.41) is 12.2. The summed E-state index contributed by atoms with van der Waals surface area (Å²) in [6, 6.07) is -0.865. The molecule has 6 heteroatoms. The summed E-state index contributed by atoms with van der Waals surface area (Å²) >= 11 is 0.